The van der Waals surface area contributed by atoms with Gasteiger partial charge in [0.25, 0.3) is 0 Å². The zero-order valence-electron chi connectivity index (χ0n) is 13.8. The second-order valence-corrected chi connectivity index (χ2v) is 6.24. The Hall–Kier alpha value is -1.02. The van der Waals surface area contributed by atoms with E-state index in [1.165, 1.54) is 4.88 Å². The summed E-state index contributed by atoms with van der Waals surface area (Å²) in [4.78, 5) is 8.29. The lowest BCUT2D eigenvalue weighted by atomic mass is 10.3. The minimum absolute atomic E-state index is 0. The molecule has 0 bridgehead atoms. The van der Waals surface area contributed by atoms with E-state index in [0.29, 0.717) is 0 Å². The summed E-state index contributed by atoms with van der Waals surface area (Å²) in [6, 6.07) is 8.22. The van der Waals surface area contributed by atoms with Crippen LogP contribution in [0.5, 0.6) is 0 Å². The van der Waals surface area contributed by atoms with Gasteiger partial charge in [-0.15, -0.1) is 35.3 Å². The number of nitrogens with one attached hydrogen (secondary N) is 1. The van der Waals surface area contributed by atoms with Gasteiger partial charge in [0.05, 0.1) is 6.26 Å². The monoisotopic (exact) mass is 447 g/mol. The molecule has 6 heteroatoms. The molecule has 0 saturated carbocycles. The molecule has 0 amide bonds. The third kappa shape index (κ3) is 7.39. The summed E-state index contributed by atoms with van der Waals surface area (Å²) in [5.41, 5.74) is 0. The Bertz CT molecular complexity index is 540. The minimum Gasteiger partial charge on any atom is -0.469 e. The van der Waals surface area contributed by atoms with Crippen molar-refractivity contribution in [3.05, 3.63) is 46.5 Å². The third-order valence-corrected chi connectivity index (χ3v) is 4.29. The van der Waals surface area contributed by atoms with Crippen molar-refractivity contribution in [3.63, 3.8) is 0 Å². The Kier molecular flexibility index (Phi) is 10.0. The lowest BCUT2D eigenvalue weighted by Crippen LogP contribution is -2.41. The van der Waals surface area contributed by atoms with E-state index in [4.69, 9.17) is 4.42 Å². The van der Waals surface area contributed by atoms with Gasteiger partial charge in [0.15, 0.2) is 5.96 Å². The number of thiophene rings is 1. The van der Waals surface area contributed by atoms with Crippen LogP contribution in [0.2, 0.25) is 0 Å². The van der Waals surface area contributed by atoms with E-state index in [9.17, 15) is 0 Å². The van der Waals surface area contributed by atoms with Crippen LogP contribution >= 0.6 is 35.3 Å². The maximum atomic E-state index is 5.36. The number of rotatable bonds is 8. The molecule has 2 rings (SSSR count). The summed E-state index contributed by atoms with van der Waals surface area (Å²) < 4.78 is 5.36. The molecule has 0 unspecified atom stereocenters. The molecule has 2 heterocycles. The Morgan fingerprint density at radius 1 is 1.30 bits per heavy atom. The van der Waals surface area contributed by atoms with Gasteiger partial charge in [0.1, 0.15) is 5.76 Å². The third-order valence-electron chi connectivity index (χ3n) is 3.36. The SMILES string of the molecule is CCCN=C(NCCc1ccco1)N(C)CCc1cccs1.I. The minimum atomic E-state index is 0. The number of halogens is 1. The number of hydrogen-bond donors (Lipinski definition) is 1. The van der Waals surface area contributed by atoms with Gasteiger partial charge in [-0.25, -0.2) is 0 Å². The Morgan fingerprint density at radius 2 is 2.17 bits per heavy atom. The highest BCUT2D eigenvalue weighted by atomic mass is 127. The van der Waals surface area contributed by atoms with Crippen LogP contribution in [-0.2, 0) is 12.8 Å². The second-order valence-electron chi connectivity index (χ2n) is 5.21. The molecule has 4 nitrogen and oxygen atoms in total. The van der Waals surface area contributed by atoms with Gasteiger partial charge >= 0.3 is 0 Å². The summed E-state index contributed by atoms with van der Waals surface area (Å²) >= 11 is 1.81. The van der Waals surface area contributed by atoms with Crippen LogP contribution in [0.15, 0.2) is 45.3 Å². The van der Waals surface area contributed by atoms with Crippen LogP contribution < -0.4 is 5.32 Å². The summed E-state index contributed by atoms with van der Waals surface area (Å²) in [5, 5.41) is 5.57. The lowest BCUT2D eigenvalue weighted by molar-refractivity contribution is 0.476. The maximum Gasteiger partial charge on any atom is 0.193 e. The fourth-order valence-corrected chi connectivity index (χ4v) is 2.82. The molecule has 0 atom stereocenters. The highest BCUT2D eigenvalue weighted by Gasteiger charge is 2.07. The number of likely N-dealkylation sites (N-methyl/N-ethyl adjacent to an activating group) is 1. The quantitative estimate of drug-likeness (QED) is 0.378. The molecule has 0 aliphatic heterocycles. The fraction of sp³-hybridized carbons (Fsp3) is 0.471. The highest BCUT2D eigenvalue weighted by Crippen LogP contribution is 2.09. The van der Waals surface area contributed by atoms with Crippen molar-refractivity contribution in [2.24, 2.45) is 4.99 Å². The molecule has 1 N–H and O–H groups in total. The number of guanidine groups is 1. The molecule has 0 fully saturated rings. The van der Waals surface area contributed by atoms with Crippen LogP contribution in [0.3, 0.4) is 0 Å². The number of furan rings is 1. The molecule has 0 aromatic carbocycles. The van der Waals surface area contributed by atoms with Crippen LogP contribution in [0.1, 0.15) is 24.0 Å². The lowest BCUT2D eigenvalue weighted by Gasteiger charge is -2.22. The molecule has 0 aliphatic rings. The van der Waals surface area contributed by atoms with E-state index in [1.54, 1.807) is 6.26 Å². The Labute approximate surface area is 160 Å². The summed E-state index contributed by atoms with van der Waals surface area (Å²) in [7, 11) is 2.10. The van der Waals surface area contributed by atoms with Gasteiger partial charge in [-0.3, -0.25) is 4.99 Å². The molecule has 0 aliphatic carbocycles. The van der Waals surface area contributed by atoms with Gasteiger partial charge in [0, 0.05) is 38.0 Å². The normalized spacial score (nSPS) is 11.1. The summed E-state index contributed by atoms with van der Waals surface area (Å²) in [6.45, 7) is 4.80. The first kappa shape index (κ1) is 20.0. The predicted octanol–water partition coefficient (Wildman–Crippen LogP) is 4.03. The summed E-state index contributed by atoms with van der Waals surface area (Å²) in [6.07, 6.45) is 4.70. The largest absolute Gasteiger partial charge is 0.469 e. The average Bonchev–Trinajstić information content (AvgIpc) is 3.21. The summed E-state index contributed by atoms with van der Waals surface area (Å²) in [5.74, 6) is 1.98. The molecule has 0 radical (unpaired) electrons. The molecule has 128 valence electrons. The molecule has 0 spiro atoms. The number of aliphatic imine (C=N–C) groups is 1. The fourth-order valence-electron chi connectivity index (χ4n) is 2.12. The van der Waals surface area contributed by atoms with E-state index in [2.05, 4.69) is 46.7 Å². The molecular formula is C17H26IN3OS. The van der Waals surface area contributed by atoms with Crippen LogP contribution in [0.4, 0.5) is 0 Å². The van der Waals surface area contributed by atoms with Crippen LogP contribution in [0, 0.1) is 0 Å². The smallest absolute Gasteiger partial charge is 0.193 e. The molecule has 0 saturated heterocycles. The molecule has 2 aromatic rings. The standard InChI is InChI=1S/C17H25N3OS.HI/c1-3-10-18-17(19-11-8-15-6-4-13-21-15)20(2)12-9-16-7-5-14-22-16;/h4-7,13-14H,3,8-12H2,1-2H3,(H,18,19);1H. The first-order valence-electron chi connectivity index (χ1n) is 7.83. The topological polar surface area (TPSA) is 40.8 Å². The van der Waals surface area contributed by atoms with E-state index in [-0.39, 0.29) is 24.0 Å². The van der Waals surface area contributed by atoms with Crippen LogP contribution in [-0.4, -0.2) is 37.5 Å². The zero-order chi connectivity index (χ0) is 15.6. The van der Waals surface area contributed by atoms with Gasteiger partial charge in [0.2, 0.25) is 0 Å². The Balaban J connectivity index is 0.00000264. The van der Waals surface area contributed by atoms with Gasteiger partial charge in [-0.2, -0.15) is 0 Å². The van der Waals surface area contributed by atoms with E-state index < -0.39 is 0 Å². The van der Waals surface area contributed by atoms with Gasteiger partial charge in [-0.05, 0) is 36.4 Å². The van der Waals surface area contributed by atoms with Gasteiger partial charge < -0.3 is 14.6 Å². The van der Waals surface area contributed by atoms with Crippen molar-refractivity contribution < 1.29 is 4.42 Å². The molecule has 23 heavy (non-hydrogen) atoms. The zero-order valence-corrected chi connectivity index (χ0v) is 17.0. The van der Waals surface area contributed by atoms with E-state index >= 15 is 0 Å². The van der Waals surface area contributed by atoms with Crippen molar-refractivity contribution in [2.75, 3.05) is 26.7 Å². The van der Waals surface area contributed by atoms with E-state index in [1.807, 2.05) is 23.5 Å². The van der Waals surface area contributed by atoms with Crippen molar-refractivity contribution in [2.45, 2.75) is 26.2 Å². The molecule has 2 aromatic heterocycles. The predicted molar refractivity (Wildman–Crippen MR) is 109 cm³/mol. The van der Waals surface area contributed by atoms with Crippen LogP contribution in [0.25, 0.3) is 0 Å². The average molecular weight is 447 g/mol. The van der Waals surface area contributed by atoms with Gasteiger partial charge in [-0.1, -0.05) is 13.0 Å². The first-order valence-corrected chi connectivity index (χ1v) is 8.71. The second kappa shape index (κ2) is 11.5. The van der Waals surface area contributed by atoms with Crippen molar-refractivity contribution in [1.29, 1.82) is 0 Å². The highest BCUT2D eigenvalue weighted by molar-refractivity contribution is 14.0. The Morgan fingerprint density at radius 3 is 2.83 bits per heavy atom. The van der Waals surface area contributed by atoms with Crippen molar-refractivity contribution >= 4 is 41.3 Å². The number of hydrogen-bond acceptors (Lipinski definition) is 3. The number of nitrogens with zero attached hydrogens (tertiary/aromatic N) is 2. The van der Waals surface area contributed by atoms with Crippen molar-refractivity contribution in [1.82, 2.24) is 10.2 Å². The van der Waals surface area contributed by atoms with Crippen molar-refractivity contribution in [3.8, 4) is 0 Å². The van der Waals surface area contributed by atoms with E-state index in [0.717, 1.165) is 50.6 Å². The maximum absolute atomic E-state index is 5.36. The molecular weight excluding hydrogens is 421 g/mol. The first-order chi connectivity index (χ1) is 10.8.